The molecule has 1 atom stereocenters. The summed E-state index contributed by atoms with van der Waals surface area (Å²) in [5, 5.41) is 3.44. The SMILES string of the molecule is COc1ccc(C2OC3(CCNCC3)c3ccccc32)cc1. The van der Waals surface area contributed by atoms with E-state index in [1.54, 1.807) is 7.11 Å². The molecule has 0 aromatic heterocycles. The molecule has 1 N–H and O–H groups in total. The van der Waals surface area contributed by atoms with Crippen LogP contribution in [0.4, 0.5) is 0 Å². The van der Waals surface area contributed by atoms with Crippen molar-refractivity contribution in [3.8, 4) is 5.75 Å². The van der Waals surface area contributed by atoms with Crippen molar-refractivity contribution >= 4 is 0 Å². The Morgan fingerprint density at radius 3 is 2.50 bits per heavy atom. The highest BCUT2D eigenvalue weighted by atomic mass is 16.5. The molecule has 3 heteroatoms. The minimum Gasteiger partial charge on any atom is -0.497 e. The van der Waals surface area contributed by atoms with Gasteiger partial charge in [0, 0.05) is 0 Å². The van der Waals surface area contributed by atoms with Gasteiger partial charge < -0.3 is 14.8 Å². The number of hydrogen-bond acceptors (Lipinski definition) is 3. The van der Waals surface area contributed by atoms with Gasteiger partial charge in [-0.2, -0.15) is 0 Å². The molecule has 22 heavy (non-hydrogen) atoms. The maximum atomic E-state index is 6.64. The highest BCUT2D eigenvalue weighted by Gasteiger charge is 2.45. The van der Waals surface area contributed by atoms with E-state index in [1.165, 1.54) is 16.7 Å². The fourth-order valence-electron chi connectivity index (χ4n) is 3.74. The first-order chi connectivity index (χ1) is 10.8. The number of rotatable bonds is 2. The van der Waals surface area contributed by atoms with Gasteiger partial charge in [0.25, 0.3) is 0 Å². The maximum Gasteiger partial charge on any atom is 0.118 e. The molecule has 1 fully saturated rings. The lowest BCUT2D eigenvalue weighted by Crippen LogP contribution is -2.39. The van der Waals surface area contributed by atoms with Gasteiger partial charge in [0.05, 0.1) is 12.7 Å². The Morgan fingerprint density at radius 1 is 1.05 bits per heavy atom. The molecule has 114 valence electrons. The fourth-order valence-corrected chi connectivity index (χ4v) is 3.74. The predicted molar refractivity (Wildman–Crippen MR) is 86.1 cm³/mol. The van der Waals surface area contributed by atoms with Gasteiger partial charge in [-0.1, -0.05) is 36.4 Å². The lowest BCUT2D eigenvalue weighted by molar-refractivity contribution is -0.0798. The van der Waals surface area contributed by atoms with Crippen LogP contribution in [0.15, 0.2) is 48.5 Å². The third-order valence-electron chi connectivity index (χ3n) is 4.91. The van der Waals surface area contributed by atoms with E-state index >= 15 is 0 Å². The molecule has 4 rings (SSSR count). The Bertz CT molecular complexity index is 659. The van der Waals surface area contributed by atoms with Gasteiger partial charge in [-0.15, -0.1) is 0 Å². The van der Waals surface area contributed by atoms with E-state index in [2.05, 4.69) is 41.7 Å². The largest absolute Gasteiger partial charge is 0.497 e. The topological polar surface area (TPSA) is 30.5 Å². The highest BCUT2D eigenvalue weighted by molar-refractivity contribution is 5.44. The molecule has 0 saturated carbocycles. The van der Waals surface area contributed by atoms with Crippen molar-refractivity contribution < 1.29 is 9.47 Å². The number of benzene rings is 2. The Balaban J connectivity index is 1.75. The minimum atomic E-state index is -0.119. The van der Waals surface area contributed by atoms with E-state index in [1.807, 2.05) is 12.1 Å². The summed E-state index contributed by atoms with van der Waals surface area (Å²) < 4.78 is 11.9. The van der Waals surface area contributed by atoms with Crippen LogP contribution in [0.2, 0.25) is 0 Å². The van der Waals surface area contributed by atoms with Crippen molar-refractivity contribution in [1.29, 1.82) is 0 Å². The number of piperidine rings is 1. The molecule has 2 aliphatic heterocycles. The van der Waals surface area contributed by atoms with Gasteiger partial charge >= 0.3 is 0 Å². The summed E-state index contributed by atoms with van der Waals surface area (Å²) in [5.74, 6) is 0.881. The van der Waals surface area contributed by atoms with Crippen molar-refractivity contribution in [3.05, 3.63) is 65.2 Å². The van der Waals surface area contributed by atoms with Crippen LogP contribution in [0.25, 0.3) is 0 Å². The van der Waals surface area contributed by atoms with Gasteiger partial charge in [0.2, 0.25) is 0 Å². The lowest BCUT2D eigenvalue weighted by Gasteiger charge is -2.34. The molecule has 2 heterocycles. The van der Waals surface area contributed by atoms with Crippen LogP contribution in [0, 0.1) is 0 Å². The number of nitrogens with one attached hydrogen (secondary N) is 1. The normalized spacial score (nSPS) is 22.5. The Hall–Kier alpha value is -1.84. The number of fused-ring (bicyclic) bond motifs is 2. The van der Waals surface area contributed by atoms with Crippen LogP contribution in [0.5, 0.6) is 5.75 Å². The van der Waals surface area contributed by atoms with Gasteiger partial charge in [-0.25, -0.2) is 0 Å². The monoisotopic (exact) mass is 295 g/mol. The predicted octanol–water partition coefficient (Wildman–Crippen LogP) is 3.39. The lowest BCUT2D eigenvalue weighted by atomic mass is 9.84. The van der Waals surface area contributed by atoms with E-state index < -0.39 is 0 Å². The quantitative estimate of drug-likeness (QED) is 0.921. The van der Waals surface area contributed by atoms with Crippen LogP contribution >= 0.6 is 0 Å². The Kier molecular flexibility index (Phi) is 3.40. The van der Waals surface area contributed by atoms with Crippen molar-refractivity contribution in [2.24, 2.45) is 0 Å². The van der Waals surface area contributed by atoms with Crippen LogP contribution < -0.4 is 10.1 Å². The van der Waals surface area contributed by atoms with Crippen LogP contribution in [-0.2, 0) is 10.3 Å². The number of ether oxygens (including phenoxy) is 2. The van der Waals surface area contributed by atoms with Gasteiger partial charge in [-0.05, 0) is 54.8 Å². The zero-order chi connectivity index (χ0) is 15.0. The summed E-state index contributed by atoms with van der Waals surface area (Å²) in [7, 11) is 1.69. The molecule has 0 aliphatic carbocycles. The molecule has 2 aromatic rings. The highest BCUT2D eigenvalue weighted by Crippen LogP contribution is 2.50. The first-order valence-electron chi connectivity index (χ1n) is 7.94. The summed E-state index contributed by atoms with van der Waals surface area (Å²) in [5.41, 5.74) is 3.77. The Labute approximate surface area is 131 Å². The summed E-state index contributed by atoms with van der Waals surface area (Å²) in [4.78, 5) is 0. The molecule has 1 spiro atoms. The second-order valence-corrected chi connectivity index (χ2v) is 6.10. The summed E-state index contributed by atoms with van der Waals surface area (Å²) in [6.07, 6.45) is 2.10. The van der Waals surface area contributed by atoms with Gasteiger partial charge in [0.1, 0.15) is 11.9 Å². The average Bonchev–Trinajstić information content (AvgIpc) is 2.90. The van der Waals surface area contributed by atoms with Crippen molar-refractivity contribution in [3.63, 3.8) is 0 Å². The fraction of sp³-hybridized carbons (Fsp3) is 0.368. The zero-order valence-electron chi connectivity index (χ0n) is 12.8. The molecule has 0 bridgehead atoms. The van der Waals surface area contributed by atoms with Gasteiger partial charge in [0.15, 0.2) is 0 Å². The summed E-state index contributed by atoms with van der Waals surface area (Å²) >= 11 is 0. The first-order valence-corrected chi connectivity index (χ1v) is 7.94. The third kappa shape index (κ3) is 2.13. The van der Waals surface area contributed by atoms with E-state index in [0.29, 0.717) is 0 Å². The second kappa shape index (κ2) is 5.41. The van der Waals surface area contributed by atoms with E-state index in [0.717, 1.165) is 31.7 Å². The molecule has 0 amide bonds. The summed E-state index contributed by atoms with van der Waals surface area (Å²) in [6.45, 7) is 2.04. The van der Waals surface area contributed by atoms with Crippen LogP contribution in [0.3, 0.4) is 0 Å². The molecule has 3 nitrogen and oxygen atoms in total. The van der Waals surface area contributed by atoms with E-state index in [9.17, 15) is 0 Å². The molecular weight excluding hydrogens is 274 g/mol. The first kappa shape index (κ1) is 13.8. The zero-order valence-corrected chi connectivity index (χ0v) is 12.8. The standard InChI is InChI=1S/C19H21NO2/c1-21-15-8-6-14(7-9-15)18-16-4-2-3-5-17(16)19(22-18)10-12-20-13-11-19/h2-9,18,20H,10-13H2,1H3. The Morgan fingerprint density at radius 2 is 1.77 bits per heavy atom. The van der Waals surface area contributed by atoms with Crippen molar-refractivity contribution in [1.82, 2.24) is 5.32 Å². The van der Waals surface area contributed by atoms with Crippen molar-refractivity contribution in [2.45, 2.75) is 24.5 Å². The second-order valence-electron chi connectivity index (χ2n) is 6.10. The molecule has 2 aliphatic rings. The molecule has 1 saturated heterocycles. The molecule has 1 unspecified atom stereocenters. The van der Waals surface area contributed by atoms with Crippen LogP contribution in [-0.4, -0.2) is 20.2 Å². The van der Waals surface area contributed by atoms with Crippen LogP contribution in [0.1, 0.15) is 35.6 Å². The van der Waals surface area contributed by atoms with Crippen molar-refractivity contribution in [2.75, 3.05) is 20.2 Å². The van der Waals surface area contributed by atoms with E-state index in [4.69, 9.17) is 9.47 Å². The molecule has 0 radical (unpaired) electrons. The third-order valence-corrected chi connectivity index (χ3v) is 4.91. The van der Waals surface area contributed by atoms with E-state index in [-0.39, 0.29) is 11.7 Å². The molecule has 2 aromatic carbocycles. The summed E-state index contributed by atoms with van der Waals surface area (Å²) in [6, 6.07) is 16.9. The number of methoxy groups -OCH3 is 1. The smallest absolute Gasteiger partial charge is 0.118 e. The number of hydrogen-bond donors (Lipinski definition) is 1. The van der Waals surface area contributed by atoms with Gasteiger partial charge in [-0.3, -0.25) is 0 Å². The maximum absolute atomic E-state index is 6.64. The minimum absolute atomic E-state index is 0.0280. The average molecular weight is 295 g/mol. The molecular formula is C19H21NO2.